The number of carbonyl (C=O) groups excluding carboxylic acids is 1. The molecule has 5 heteroatoms. The fourth-order valence-electron chi connectivity index (χ4n) is 2.09. The summed E-state index contributed by atoms with van der Waals surface area (Å²) in [5.74, 6) is -1.10. The minimum atomic E-state index is -0.795. The van der Waals surface area contributed by atoms with Crippen LogP contribution in [0.5, 0.6) is 0 Å². The fourth-order valence-corrected chi connectivity index (χ4v) is 4.78. The molecule has 1 heterocycles. The lowest BCUT2D eigenvalue weighted by Crippen LogP contribution is -2.04. The lowest BCUT2D eigenvalue weighted by atomic mass is 10.1. The average Bonchev–Trinajstić information content (AvgIpc) is 2.75. The summed E-state index contributed by atoms with van der Waals surface area (Å²) in [7, 11) is 1.94. The fraction of sp³-hybridized carbons (Fsp3) is 0.0714. The van der Waals surface area contributed by atoms with Crippen LogP contribution in [0.3, 0.4) is 0 Å². The Morgan fingerprint density at radius 2 is 1.89 bits per heavy atom. The van der Waals surface area contributed by atoms with Crippen LogP contribution in [0, 0.1) is 5.82 Å². The van der Waals surface area contributed by atoms with Crippen LogP contribution < -0.4 is 5.30 Å². The number of carbonyl (C=O) groups is 1. The van der Waals surface area contributed by atoms with E-state index in [1.807, 2.05) is 30.3 Å². The number of cyclic esters (lactones) is 1. The number of rotatable bonds is 2. The molecule has 0 aromatic heterocycles. The van der Waals surface area contributed by atoms with Gasteiger partial charge in [0.2, 0.25) is 0 Å². The number of halogens is 1. The van der Waals surface area contributed by atoms with E-state index in [-0.39, 0.29) is 17.6 Å². The summed E-state index contributed by atoms with van der Waals surface area (Å²) in [4.78, 5) is 11.8. The minimum absolute atomic E-state index is 0.344. The van der Waals surface area contributed by atoms with Crippen LogP contribution in [0.15, 0.2) is 48.5 Å². The Morgan fingerprint density at radius 3 is 2.63 bits per heavy atom. The molecular formula is C14H11FO2P2. The lowest BCUT2D eigenvalue weighted by Gasteiger charge is -2.19. The van der Waals surface area contributed by atoms with Crippen molar-refractivity contribution in [3.63, 3.8) is 0 Å². The average molecular weight is 292 g/mol. The summed E-state index contributed by atoms with van der Waals surface area (Å²) in [5.41, 5.74) is 1.12. The Bertz CT molecular complexity index is 631. The van der Waals surface area contributed by atoms with Gasteiger partial charge in [-0.2, -0.15) is 0 Å². The van der Waals surface area contributed by atoms with Gasteiger partial charge >= 0.3 is 5.97 Å². The second kappa shape index (κ2) is 5.00. The molecule has 0 spiro atoms. The van der Waals surface area contributed by atoms with Crippen LogP contribution in [-0.2, 0) is 4.74 Å². The lowest BCUT2D eigenvalue weighted by molar-refractivity contribution is 0.0518. The maximum atomic E-state index is 13.4. The number of fused-ring (bicyclic) bond motifs is 1. The minimum Gasteiger partial charge on any atom is -0.449 e. The van der Waals surface area contributed by atoms with Crippen molar-refractivity contribution in [2.45, 2.75) is 5.85 Å². The van der Waals surface area contributed by atoms with E-state index in [4.69, 9.17) is 4.74 Å². The summed E-state index contributed by atoms with van der Waals surface area (Å²) in [6, 6.07) is 14.0. The maximum Gasteiger partial charge on any atom is 0.339 e. The van der Waals surface area contributed by atoms with Crippen molar-refractivity contribution in [1.29, 1.82) is 0 Å². The Kier molecular flexibility index (Phi) is 3.35. The van der Waals surface area contributed by atoms with Gasteiger partial charge < -0.3 is 4.74 Å². The van der Waals surface area contributed by atoms with Crippen molar-refractivity contribution in [3.05, 3.63) is 65.5 Å². The first-order valence-electron chi connectivity index (χ1n) is 5.76. The number of hydrogen-bond donors (Lipinski definition) is 0. The molecule has 2 aromatic rings. The van der Waals surface area contributed by atoms with E-state index in [2.05, 4.69) is 8.93 Å². The quantitative estimate of drug-likeness (QED) is 0.624. The Hall–Kier alpha value is -1.30. The second-order valence-electron chi connectivity index (χ2n) is 4.23. The molecule has 19 heavy (non-hydrogen) atoms. The normalized spacial score (nSPS) is 18.8. The monoisotopic (exact) mass is 292 g/mol. The van der Waals surface area contributed by atoms with Crippen LogP contribution in [0.4, 0.5) is 4.39 Å². The zero-order chi connectivity index (χ0) is 13.4. The predicted molar refractivity (Wildman–Crippen MR) is 77.3 cm³/mol. The predicted octanol–water partition coefficient (Wildman–Crippen LogP) is 3.59. The van der Waals surface area contributed by atoms with Gasteiger partial charge in [0.15, 0.2) is 5.85 Å². The van der Waals surface area contributed by atoms with Gasteiger partial charge in [0.05, 0.1) is 5.56 Å². The van der Waals surface area contributed by atoms with Gasteiger partial charge in [-0.05, 0) is 31.1 Å². The molecule has 3 atom stereocenters. The first kappa shape index (κ1) is 12.7. The smallest absolute Gasteiger partial charge is 0.339 e. The van der Waals surface area contributed by atoms with E-state index < -0.39 is 7.61 Å². The molecule has 0 aliphatic carbocycles. The van der Waals surface area contributed by atoms with Gasteiger partial charge in [-0.3, -0.25) is 0 Å². The van der Waals surface area contributed by atoms with Gasteiger partial charge in [-0.15, -0.1) is 8.93 Å². The highest BCUT2D eigenvalue weighted by Crippen LogP contribution is 2.60. The molecule has 0 saturated carbocycles. The highest BCUT2D eigenvalue weighted by atomic mass is 32.0. The molecule has 2 nitrogen and oxygen atoms in total. The highest BCUT2D eigenvalue weighted by Gasteiger charge is 2.35. The molecule has 1 aliphatic rings. The molecule has 0 amide bonds. The standard InChI is InChI=1S/C14H11FO2P2/c15-9-6-7-11-12(8-9)14(17-13(11)16)19(18)10-4-2-1-3-5-10/h1-8,14H,18H2. The first-order valence-corrected chi connectivity index (χ1v) is 8.79. The molecular weight excluding hydrogens is 281 g/mol. The van der Waals surface area contributed by atoms with Crippen LogP contribution >= 0.6 is 16.5 Å². The largest absolute Gasteiger partial charge is 0.449 e. The highest BCUT2D eigenvalue weighted by molar-refractivity contribution is 8.17. The third-order valence-corrected chi connectivity index (χ3v) is 6.52. The third kappa shape index (κ3) is 2.29. The zero-order valence-corrected chi connectivity index (χ0v) is 12.0. The van der Waals surface area contributed by atoms with Crippen LogP contribution in [0.25, 0.3) is 0 Å². The molecule has 0 N–H and O–H groups in total. The van der Waals surface area contributed by atoms with Gasteiger partial charge in [0.1, 0.15) is 5.82 Å². The van der Waals surface area contributed by atoms with E-state index in [1.54, 1.807) is 0 Å². The van der Waals surface area contributed by atoms with Crippen molar-refractivity contribution in [1.82, 2.24) is 0 Å². The van der Waals surface area contributed by atoms with Crippen LogP contribution in [-0.4, -0.2) is 5.97 Å². The van der Waals surface area contributed by atoms with Crippen LogP contribution in [0.2, 0.25) is 0 Å². The van der Waals surface area contributed by atoms with E-state index in [9.17, 15) is 9.18 Å². The molecule has 0 radical (unpaired) electrons. The summed E-state index contributed by atoms with van der Waals surface area (Å²) < 4.78 is 18.8. The molecule has 2 aromatic carbocycles. The molecule has 0 saturated heterocycles. The SMILES string of the molecule is O=C1OC(P(P)c2ccccc2)c2cc(F)ccc21. The third-order valence-electron chi connectivity index (χ3n) is 3.03. The van der Waals surface area contributed by atoms with E-state index >= 15 is 0 Å². The van der Waals surface area contributed by atoms with Crippen molar-refractivity contribution in [3.8, 4) is 0 Å². The summed E-state index contributed by atoms with van der Waals surface area (Å²) in [5, 5.41) is 1.09. The van der Waals surface area contributed by atoms with Crippen molar-refractivity contribution >= 4 is 27.8 Å². The molecule has 3 unspecified atom stereocenters. The summed E-state index contributed by atoms with van der Waals surface area (Å²) in [6.07, 6.45) is 0. The molecule has 3 rings (SSSR count). The maximum absolute atomic E-state index is 13.4. The van der Waals surface area contributed by atoms with Crippen molar-refractivity contribution in [2.75, 3.05) is 0 Å². The van der Waals surface area contributed by atoms with E-state index in [0.29, 0.717) is 11.1 Å². The summed E-state index contributed by atoms with van der Waals surface area (Å²) >= 11 is 0. The number of benzene rings is 2. The van der Waals surface area contributed by atoms with Gasteiger partial charge in [-0.25, -0.2) is 9.18 Å². The topological polar surface area (TPSA) is 26.3 Å². The number of esters is 1. The second-order valence-corrected chi connectivity index (χ2v) is 7.70. The van der Waals surface area contributed by atoms with E-state index in [1.165, 1.54) is 18.2 Å². The molecule has 1 aliphatic heterocycles. The van der Waals surface area contributed by atoms with E-state index in [0.717, 1.165) is 5.30 Å². The van der Waals surface area contributed by atoms with Crippen molar-refractivity contribution in [2.24, 2.45) is 0 Å². The Balaban J connectivity index is 2.01. The Labute approximate surface area is 113 Å². The molecule has 96 valence electrons. The number of hydrogen-bond acceptors (Lipinski definition) is 2. The Morgan fingerprint density at radius 1 is 1.16 bits per heavy atom. The van der Waals surface area contributed by atoms with Gasteiger partial charge in [0, 0.05) is 5.56 Å². The summed E-state index contributed by atoms with van der Waals surface area (Å²) in [6.45, 7) is 0. The molecule has 0 bridgehead atoms. The molecule has 0 fully saturated rings. The van der Waals surface area contributed by atoms with Crippen molar-refractivity contribution < 1.29 is 13.9 Å². The number of ether oxygens (including phenoxy) is 1. The zero-order valence-electron chi connectivity index (χ0n) is 9.92. The van der Waals surface area contributed by atoms with Gasteiger partial charge in [0.25, 0.3) is 0 Å². The first-order chi connectivity index (χ1) is 9.16. The van der Waals surface area contributed by atoms with Crippen LogP contribution in [0.1, 0.15) is 21.8 Å². The van der Waals surface area contributed by atoms with Gasteiger partial charge in [-0.1, -0.05) is 30.3 Å².